The minimum absolute atomic E-state index is 0.474. The summed E-state index contributed by atoms with van der Waals surface area (Å²) in [5, 5.41) is 15.5. The van der Waals surface area contributed by atoms with Gasteiger partial charge in [0.15, 0.2) is 5.84 Å². The molecule has 1 atom stereocenters. The molecule has 1 N–H and O–H groups in total. The van der Waals surface area contributed by atoms with E-state index in [9.17, 15) is 0 Å². The van der Waals surface area contributed by atoms with Gasteiger partial charge in [-0.15, -0.1) is 0 Å². The van der Waals surface area contributed by atoms with Crippen LogP contribution in [0.4, 0.5) is 0 Å². The van der Waals surface area contributed by atoms with E-state index in [2.05, 4.69) is 169 Å². The van der Waals surface area contributed by atoms with Gasteiger partial charge < -0.3 is 9.73 Å². The topological polar surface area (TPSA) is 49.9 Å². The summed E-state index contributed by atoms with van der Waals surface area (Å²) in [6.07, 6.45) is -0.474. The zero-order valence-corrected chi connectivity index (χ0v) is 28.6. The zero-order chi connectivity index (χ0) is 34.9. The number of para-hydroxylation sites is 1. The van der Waals surface area contributed by atoms with Crippen molar-refractivity contribution in [1.29, 1.82) is 0 Å². The number of fused-ring (bicyclic) bond motifs is 8. The van der Waals surface area contributed by atoms with Crippen LogP contribution < -0.4 is 5.32 Å². The van der Waals surface area contributed by atoms with E-state index in [4.69, 9.17) is 14.4 Å². The lowest BCUT2D eigenvalue weighted by Gasteiger charge is -2.26. The first-order valence-electron chi connectivity index (χ1n) is 18.0. The predicted octanol–water partition coefficient (Wildman–Crippen LogP) is 12.4. The summed E-state index contributed by atoms with van der Waals surface area (Å²) in [5.74, 6) is 1.46. The summed E-state index contributed by atoms with van der Waals surface area (Å²) in [4.78, 5) is 10.8. The first-order chi connectivity index (χ1) is 26.2. The lowest BCUT2D eigenvalue weighted by molar-refractivity contribution is 0.663. The zero-order valence-electron chi connectivity index (χ0n) is 28.6. The highest BCUT2D eigenvalue weighted by atomic mass is 16.3. The number of hydrogen-bond acceptors (Lipinski definition) is 4. The molecule has 53 heavy (non-hydrogen) atoms. The lowest BCUT2D eigenvalue weighted by atomic mass is 9.91. The van der Waals surface area contributed by atoms with Gasteiger partial charge in [0.05, 0.1) is 0 Å². The average Bonchev–Trinajstić information content (AvgIpc) is 3.61. The molecule has 0 spiro atoms. The Bertz CT molecular complexity index is 3170. The number of nitrogens with one attached hydrogen (secondary N) is 1. The molecule has 1 aliphatic heterocycles. The van der Waals surface area contributed by atoms with E-state index in [0.717, 1.165) is 61.0 Å². The third-order valence-corrected chi connectivity index (χ3v) is 10.7. The second-order valence-corrected chi connectivity index (χ2v) is 13.8. The van der Waals surface area contributed by atoms with Gasteiger partial charge in [0.25, 0.3) is 0 Å². The molecule has 0 bridgehead atoms. The van der Waals surface area contributed by atoms with Gasteiger partial charge in [0, 0.05) is 27.5 Å². The Morgan fingerprint density at radius 2 is 1.02 bits per heavy atom. The van der Waals surface area contributed by atoms with E-state index in [-0.39, 0.29) is 0 Å². The van der Waals surface area contributed by atoms with Crippen LogP contribution >= 0.6 is 0 Å². The highest BCUT2D eigenvalue weighted by Crippen LogP contribution is 2.42. The van der Waals surface area contributed by atoms with Gasteiger partial charge in [0.1, 0.15) is 23.2 Å². The standard InChI is InChI=1S/C49H31N3O/c1-3-12-34-27-36(22-17-30(34)9-1)40-25-26-44-45(41-15-7-8-16-43(41)53-44)46(40)49-51-47(37-23-18-31-10-2-4-13-35(31)28-37)50-48(52-49)38-24-21-33-20-19-32-11-5-6-14-39(32)42(33)29-38/h1-29,49H,(H,50,51,52). The minimum atomic E-state index is -0.474. The van der Waals surface area contributed by atoms with E-state index in [1.165, 1.54) is 37.7 Å². The molecule has 4 heteroatoms. The van der Waals surface area contributed by atoms with Crippen LogP contribution in [0.15, 0.2) is 190 Å². The molecule has 0 radical (unpaired) electrons. The van der Waals surface area contributed by atoms with Gasteiger partial charge in [-0.3, -0.25) is 0 Å². The normalized spacial score (nSPS) is 14.6. The maximum absolute atomic E-state index is 6.50. The van der Waals surface area contributed by atoms with Gasteiger partial charge in [-0.25, -0.2) is 9.98 Å². The Kier molecular flexibility index (Phi) is 6.58. The van der Waals surface area contributed by atoms with E-state index in [0.29, 0.717) is 5.84 Å². The van der Waals surface area contributed by atoms with Crippen LogP contribution in [0, 0.1) is 0 Å². The molecule has 0 amide bonds. The molecule has 4 nitrogen and oxygen atoms in total. The third-order valence-electron chi connectivity index (χ3n) is 10.7. The van der Waals surface area contributed by atoms with Crippen molar-refractivity contribution in [2.75, 3.05) is 0 Å². The van der Waals surface area contributed by atoms with Gasteiger partial charge in [-0.05, 0) is 84.5 Å². The summed E-state index contributed by atoms with van der Waals surface area (Å²) in [6.45, 7) is 0. The summed E-state index contributed by atoms with van der Waals surface area (Å²) in [6, 6.07) is 62.3. The molecule has 1 unspecified atom stereocenters. The SMILES string of the molecule is c1ccc2cc(C3=NC(c4ccc5ccc6ccccc6c5c4)=NC(c4c(-c5ccc6ccccc6c5)ccc5oc6ccccc6c45)N3)ccc2c1. The molecule has 11 rings (SSSR count). The molecule has 0 saturated carbocycles. The van der Waals surface area contributed by atoms with Crippen LogP contribution in [-0.4, -0.2) is 11.7 Å². The highest BCUT2D eigenvalue weighted by Gasteiger charge is 2.28. The van der Waals surface area contributed by atoms with E-state index in [1.807, 2.05) is 12.1 Å². The Labute approximate surface area is 305 Å². The number of rotatable bonds is 4. The van der Waals surface area contributed by atoms with Crippen molar-refractivity contribution < 1.29 is 4.42 Å². The van der Waals surface area contributed by atoms with Crippen molar-refractivity contribution in [2.24, 2.45) is 9.98 Å². The summed E-state index contributed by atoms with van der Waals surface area (Å²) >= 11 is 0. The van der Waals surface area contributed by atoms with Gasteiger partial charge >= 0.3 is 0 Å². The second-order valence-electron chi connectivity index (χ2n) is 13.8. The molecule has 0 saturated heterocycles. The fraction of sp³-hybridized carbons (Fsp3) is 0.0204. The molecule has 1 aromatic heterocycles. The van der Waals surface area contributed by atoms with Crippen LogP contribution in [-0.2, 0) is 0 Å². The van der Waals surface area contributed by atoms with Crippen molar-refractivity contribution in [3.63, 3.8) is 0 Å². The lowest BCUT2D eigenvalue weighted by Crippen LogP contribution is -2.34. The molecule has 2 heterocycles. The van der Waals surface area contributed by atoms with Crippen LogP contribution in [0.1, 0.15) is 22.9 Å². The summed E-state index contributed by atoms with van der Waals surface area (Å²) in [5.41, 5.74) is 6.93. The van der Waals surface area contributed by atoms with E-state index in [1.54, 1.807) is 0 Å². The van der Waals surface area contributed by atoms with Crippen LogP contribution in [0.2, 0.25) is 0 Å². The fourth-order valence-corrected chi connectivity index (χ4v) is 8.09. The van der Waals surface area contributed by atoms with Crippen molar-refractivity contribution in [1.82, 2.24) is 5.32 Å². The van der Waals surface area contributed by atoms with E-state index >= 15 is 0 Å². The highest BCUT2D eigenvalue weighted by molar-refractivity contribution is 6.17. The summed E-state index contributed by atoms with van der Waals surface area (Å²) < 4.78 is 6.50. The van der Waals surface area contributed by atoms with E-state index < -0.39 is 6.17 Å². The number of benzene rings is 9. The Morgan fingerprint density at radius 1 is 0.434 bits per heavy atom. The second kappa shape index (κ2) is 11.8. The smallest absolute Gasteiger partial charge is 0.159 e. The Morgan fingerprint density at radius 3 is 1.81 bits per heavy atom. The molecular weight excluding hydrogens is 647 g/mol. The maximum Gasteiger partial charge on any atom is 0.159 e. The molecule has 1 aliphatic rings. The molecule has 248 valence electrons. The molecule has 0 fully saturated rings. The van der Waals surface area contributed by atoms with Crippen molar-refractivity contribution in [3.05, 3.63) is 193 Å². The van der Waals surface area contributed by atoms with Crippen molar-refractivity contribution in [3.8, 4) is 11.1 Å². The Balaban J connectivity index is 1.18. The number of aliphatic imine (C=N–C) groups is 2. The van der Waals surface area contributed by atoms with Gasteiger partial charge in [-0.1, -0.05) is 146 Å². The number of nitrogens with zero attached hydrogens (tertiary/aromatic N) is 2. The number of hydrogen-bond donors (Lipinski definition) is 1. The number of furan rings is 1. The van der Waals surface area contributed by atoms with Gasteiger partial charge in [0.2, 0.25) is 0 Å². The van der Waals surface area contributed by atoms with Crippen LogP contribution in [0.25, 0.3) is 76.2 Å². The Hall–Kier alpha value is -7.04. The molecular formula is C49H31N3O. The maximum atomic E-state index is 6.50. The predicted molar refractivity (Wildman–Crippen MR) is 221 cm³/mol. The molecule has 0 aliphatic carbocycles. The third kappa shape index (κ3) is 4.91. The minimum Gasteiger partial charge on any atom is -0.456 e. The molecule has 10 aromatic rings. The van der Waals surface area contributed by atoms with Gasteiger partial charge in [-0.2, -0.15) is 0 Å². The first-order valence-corrected chi connectivity index (χ1v) is 18.0. The van der Waals surface area contributed by atoms with Crippen LogP contribution in [0.3, 0.4) is 0 Å². The van der Waals surface area contributed by atoms with Crippen molar-refractivity contribution in [2.45, 2.75) is 6.17 Å². The quantitative estimate of drug-likeness (QED) is 0.189. The first kappa shape index (κ1) is 29.7. The fourth-order valence-electron chi connectivity index (χ4n) is 8.09. The molecule has 9 aromatic carbocycles. The average molecular weight is 678 g/mol. The summed E-state index contributed by atoms with van der Waals surface area (Å²) in [7, 11) is 0. The van der Waals surface area contributed by atoms with Crippen LogP contribution in [0.5, 0.6) is 0 Å². The monoisotopic (exact) mass is 677 g/mol. The van der Waals surface area contributed by atoms with Crippen molar-refractivity contribution >= 4 is 76.7 Å². The number of amidine groups is 2. The largest absolute Gasteiger partial charge is 0.456 e.